The number of nitrogens with one attached hydrogen (secondary N) is 1. The van der Waals surface area contributed by atoms with Gasteiger partial charge in [-0.1, -0.05) is 19.9 Å². The average molecular weight is 358 g/mol. The largest absolute Gasteiger partial charge is 0.325 e. The summed E-state index contributed by atoms with van der Waals surface area (Å²) >= 11 is 0. The second-order valence-electron chi connectivity index (χ2n) is 8.90. The molecule has 0 aliphatic carbocycles. The number of hydrogen-bond acceptors (Lipinski definition) is 2. The van der Waals surface area contributed by atoms with Crippen molar-refractivity contribution in [2.45, 2.75) is 47.0 Å². The number of nitrogens with zero attached hydrogens (tertiary/aromatic N) is 2. The number of piperidine rings is 2. The van der Waals surface area contributed by atoms with Crippen LogP contribution in [0.5, 0.6) is 0 Å². The van der Waals surface area contributed by atoms with Crippen LogP contribution in [-0.2, 0) is 0 Å². The lowest BCUT2D eigenvalue weighted by molar-refractivity contribution is 0.101. The average Bonchev–Trinajstić information content (AvgIpc) is 2.53. The number of rotatable bonds is 3. The van der Waals surface area contributed by atoms with Crippen molar-refractivity contribution < 1.29 is 4.79 Å². The van der Waals surface area contributed by atoms with Crippen LogP contribution in [0, 0.1) is 31.6 Å². The Morgan fingerprint density at radius 1 is 1.04 bits per heavy atom. The molecule has 2 heterocycles. The summed E-state index contributed by atoms with van der Waals surface area (Å²) < 4.78 is 0. The molecule has 144 valence electrons. The van der Waals surface area contributed by atoms with Gasteiger partial charge >= 0.3 is 6.03 Å². The van der Waals surface area contributed by atoms with E-state index in [0.29, 0.717) is 0 Å². The molecular formula is C22H35N3O. The van der Waals surface area contributed by atoms with Crippen LogP contribution >= 0.6 is 0 Å². The molecule has 26 heavy (non-hydrogen) atoms. The van der Waals surface area contributed by atoms with Gasteiger partial charge in [0.05, 0.1) is 0 Å². The third-order valence-corrected chi connectivity index (χ3v) is 5.84. The van der Waals surface area contributed by atoms with E-state index < -0.39 is 0 Å². The maximum atomic E-state index is 12.6. The highest BCUT2D eigenvalue weighted by molar-refractivity contribution is 5.89. The summed E-state index contributed by atoms with van der Waals surface area (Å²) in [5.41, 5.74) is 3.28. The van der Waals surface area contributed by atoms with Crippen molar-refractivity contribution in [3.05, 3.63) is 29.3 Å². The third-order valence-electron chi connectivity index (χ3n) is 5.84. The Kier molecular flexibility index (Phi) is 6.23. The van der Waals surface area contributed by atoms with E-state index in [2.05, 4.69) is 44.0 Å². The van der Waals surface area contributed by atoms with Gasteiger partial charge in [-0.15, -0.1) is 0 Å². The van der Waals surface area contributed by atoms with Gasteiger partial charge in [0.2, 0.25) is 0 Å². The first kappa shape index (κ1) is 19.2. The number of anilines is 1. The molecule has 2 aliphatic rings. The number of amides is 2. The number of urea groups is 1. The van der Waals surface area contributed by atoms with Crippen molar-refractivity contribution in [3.8, 4) is 0 Å². The predicted octanol–water partition coefficient (Wildman–Crippen LogP) is 4.53. The molecule has 1 aromatic carbocycles. The highest BCUT2D eigenvalue weighted by Gasteiger charge is 2.27. The molecule has 0 bridgehead atoms. The van der Waals surface area contributed by atoms with Gasteiger partial charge in [0.1, 0.15) is 0 Å². The topological polar surface area (TPSA) is 35.6 Å². The third kappa shape index (κ3) is 5.23. The molecule has 2 fully saturated rings. The predicted molar refractivity (Wildman–Crippen MR) is 109 cm³/mol. The first-order valence-electron chi connectivity index (χ1n) is 10.3. The summed E-state index contributed by atoms with van der Waals surface area (Å²) in [6.07, 6.45) is 3.62. The minimum atomic E-state index is 0.0497. The van der Waals surface area contributed by atoms with Crippen molar-refractivity contribution in [1.82, 2.24) is 9.80 Å². The molecule has 4 nitrogen and oxygen atoms in total. The second-order valence-corrected chi connectivity index (χ2v) is 8.90. The monoisotopic (exact) mass is 357 g/mol. The van der Waals surface area contributed by atoms with E-state index >= 15 is 0 Å². The fraction of sp³-hybridized carbons (Fsp3) is 0.682. The Hall–Kier alpha value is -1.55. The minimum absolute atomic E-state index is 0.0497. The van der Waals surface area contributed by atoms with Crippen LogP contribution in [0.15, 0.2) is 18.2 Å². The molecule has 0 aromatic heterocycles. The molecule has 0 unspecified atom stereocenters. The highest BCUT2D eigenvalue weighted by Crippen LogP contribution is 2.25. The summed E-state index contributed by atoms with van der Waals surface area (Å²) in [4.78, 5) is 17.2. The zero-order valence-corrected chi connectivity index (χ0v) is 16.9. The van der Waals surface area contributed by atoms with Gasteiger partial charge in [-0.2, -0.15) is 0 Å². The molecule has 2 amide bonds. The van der Waals surface area contributed by atoms with E-state index in [0.717, 1.165) is 49.4 Å². The summed E-state index contributed by atoms with van der Waals surface area (Å²) in [5, 5.41) is 3.08. The van der Waals surface area contributed by atoms with Gasteiger partial charge in [0.15, 0.2) is 0 Å². The maximum Gasteiger partial charge on any atom is 0.321 e. The smallest absolute Gasteiger partial charge is 0.321 e. The highest BCUT2D eigenvalue weighted by atomic mass is 16.2. The number of aryl methyl sites for hydroxylation is 2. The SMILES string of the molecule is Cc1cc(C)cc(NC(=O)N2CCC(CN3C[C@H](C)C[C@H](C)C3)CC2)c1. The molecular weight excluding hydrogens is 322 g/mol. The number of carbonyl (C=O) groups is 1. The molecule has 0 radical (unpaired) electrons. The lowest BCUT2D eigenvalue weighted by atomic mass is 9.89. The Balaban J connectivity index is 1.46. The molecule has 2 saturated heterocycles. The van der Waals surface area contributed by atoms with Crippen LogP contribution in [0.2, 0.25) is 0 Å². The first-order valence-corrected chi connectivity index (χ1v) is 10.3. The van der Waals surface area contributed by atoms with E-state index in [1.807, 2.05) is 17.0 Å². The Morgan fingerprint density at radius 2 is 1.62 bits per heavy atom. The van der Waals surface area contributed by atoms with Crippen LogP contribution in [0.1, 0.15) is 44.2 Å². The summed E-state index contributed by atoms with van der Waals surface area (Å²) in [5.74, 6) is 2.38. The van der Waals surface area contributed by atoms with Crippen LogP contribution < -0.4 is 5.32 Å². The van der Waals surface area contributed by atoms with Gasteiger partial charge in [0, 0.05) is 38.4 Å². The minimum Gasteiger partial charge on any atom is -0.325 e. The number of carbonyl (C=O) groups excluding carboxylic acids is 1. The molecule has 1 N–H and O–H groups in total. The van der Waals surface area contributed by atoms with Gasteiger partial charge in [-0.05, 0) is 74.1 Å². The standard InChI is InChI=1S/C22H35N3O/c1-16-9-17(2)12-21(11-16)23-22(26)25-7-5-20(6-8-25)15-24-13-18(3)10-19(4)14-24/h9,11-12,18-20H,5-8,10,13-15H2,1-4H3,(H,23,26)/t18-,19+. The number of hydrogen-bond donors (Lipinski definition) is 1. The molecule has 0 spiro atoms. The lowest BCUT2D eigenvalue weighted by Gasteiger charge is -2.39. The van der Waals surface area contributed by atoms with Crippen LogP contribution in [0.4, 0.5) is 10.5 Å². The van der Waals surface area contributed by atoms with E-state index in [4.69, 9.17) is 0 Å². The number of likely N-dealkylation sites (tertiary alicyclic amines) is 2. The fourth-order valence-electron chi connectivity index (χ4n) is 4.87. The van der Waals surface area contributed by atoms with E-state index in [-0.39, 0.29) is 6.03 Å². The van der Waals surface area contributed by atoms with Gasteiger partial charge in [-0.3, -0.25) is 0 Å². The van der Waals surface area contributed by atoms with Crippen molar-refractivity contribution >= 4 is 11.7 Å². The second kappa shape index (κ2) is 8.43. The summed E-state index contributed by atoms with van der Waals surface area (Å²) in [6, 6.07) is 6.25. The molecule has 0 saturated carbocycles. The molecule has 1 aromatic rings. The molecule has 2 aliphatic heterocycles. The van der Waals surface area contributed by atoms with Gasteiger partial charge < -0.3 is 15.1 Å². The summed E-state index contributed by atoms with van der Waals surface area (Å²) in [7, 11) is 0. The molecule has 4 heteroatoms. The maximum absolute atomic E-state index is 12.6. The van der Waals surface area contributed by atoms with Crippen LogP contribution in [0.25, 0.3) is 0 Å². The van der Waals surface area contributed by atoms with E-state index in [1.54, 1.807) is 0 Å². The van der Waals surface area contributed by atoms with E-state index in [1.165, 1.54) is 37.2 Å². The van der Waals surface area contributed by atoms with Crippen molar-refractivity contribution in [3.63, 3.8) is 0 Å². The zero-order valence-electron chi connectivity index (χ0n) is 16.9. The first-order chi connectivity index (χ1) is 12.4. The van der Waals surface area contributed by atoms with Crippen molar-refractivity contribution in [2.75, 3.05) is 38.0 Å². The number of benzene rings is 1. The van der Waals surface area contributed by atoms with Gasteiger partial charge in [0.25, 0.3) is 0 Å². The van der Waals surface area contributed by atoms with Crippen molar-refractivity contribution in [1.29, 1.82) is 0 Å². The Labute approximate surface area is 158 Å². The normalized spacial score (nSPS) is 25.3. The molecule has 3 rings (SSSR count). The lowest BCUT2D eigenvalue weighted by Crippen LogP contribution is -2.46. The molecule has 2 atom stereocenters. The Bertz CT molecular complexity index is 592. The van der Waals surface area contributed by atoms with Crippen molar-refractivity contribution in [2.24, 2.45) is 17.8 Å². The van der Waals surface area contributed by atoms with Gasteiger partial charge in [-0.25, -0.2) is 4.79 Å². The van der Waals surface area contributed by atoms with E-state index in [9.17, 15) is 4.79 Å². The summed E-state index contributed by atoms with van der Waals surface area (Å²) in [6.45, 7) is 14.3. The van der Waals surface area contributed by atoms with Crippen LogP contribution in [-0.4, -0.2) is 48.6 Å². The van der Waals surface area contributed by atoms with Crippen LogP contribution in [0.3, 0.4) is 0 Å². The fourth-order valence-corrected chi connectivity index (χ4v) is 4.87. The quantitative estimate of drug-likeness (QED) is 0.863. The Morgan fingerprint density at radius 3 is 2.19 bits per heavy atom. The zero-order chi connectivity index (χ0) is 18.7.